The molecular weight excluding hydrogens is 260 g/mol. The highest BCUT2D eigenvalue weighted by Crippen LogP contribution is 2.33. The van der Waals surface area contributed by atoms with Crippen molar-refractivity contribution in [3.8, 4) is 11.3 Å². The maximum absolute atomic E-state index is 11.0. The molecule has 0 unspecified atom stereocenters. The molecule has 5 nitrogen and oxygen atoms in total. The van der Waals surface area contributed by atoms with E-state index in [2.05, 4.69) is 10.3 Å². The van der Waals surface area contributed by atoms with Gasteiger partial charge in [0.1, 0.15) is 10.7 Å². The number of benzene rings is 1. The quantitative estimate of drug-likeness (QED) is 0.903. The van der Waals surface area contributed by atoms with Crippen molar-refractivity contribution in [2.24, 2.45) is 0 Å². The molecule has 19 heavy (non-hydrogen) atoms. The first-order valence-electron chi connectivity index (χ1n) is 5.79. The second-order valence-electron chi connectivity index (χ2n) is 4.35. The molecule has 1 aromatic carbocycles. The van der Waals surface area contributed by atoms with Gasteiger partial charge in [-0.25, -0.2) is 4.98 Å². The van der Waals surface area contributed by atoms with Crippen molar-refractivity contribution in [1.29, 1.82) is 0 Å². The Kier molecular flexibility index (Phi) is 3.71. The van der Waals surface area contributed by atoms with Crippen LogP contribution >= 0.6 is 11.3 Å². The zero-order valence-electron chi connectivity index (χ0n) is 11.1. The lowest BCUT2D eigenvalue weighted by molar-refractivity contribution is -0.114. The fraction of sp³-hybridized carbons (Fsp3) is 0.231. The maximum atomic E-state index is 11.0. The molecule has 0 bridgehead atoms. The minimum atomic E-state index is -0.150. The summed E-state index contributed by atoms with van der Waals surface area (Å²) in [6, 6.07) is 7.95. The van der Waals surface area contributed by atoms with Gasteiger partial charge in [0.2, 0.25) is 5.91 Å². The molecule has 0 aliphatic rings. The van der Waals surface area contributed by atoms with Crippen LogP contribution in [-0.2, 0) is 4.79 Å². The van der Waals surface area contributed by atoms with Crippen LogP contribution in [0.15, 0.2) is 24.3 Å². The lowest BCUT2D eigenvalue weighted by Gasteiger charge is -2.12. The smallest absolute Gasteiger partial charge is 0.223 e. The lowest BCUT2D eigenvalue weighted by Crippen LogP contribution is -2.08. The summed E-state index contributed by atoms with van der Waals surface area (Å²) >= 11 is 1.27. The van der Waals surface area contributed by atoms with Gasteiger partial charge >= 0.3 is 0 Å². The maximum Gasteiger partial charge on any atom is 0.223 e. The molecule has 1 aromatic heterocycles. The summed E-state index contributed by atoms with van der Waals surface area (Å²) in [6.45, 7) is 1.45. The summed E-state index contributed by atoms with van der Waals surface area (Å²) in [5, 5.41) is 3.77. The van der Waals surface area contributed by atoms with Crippen LogP contribution in [0.1, 0.15) is 6.92 Å². The predicted octanol–water partition coefficient (Wildman–Crippen LogP) is 2.42. The van der Waals surface area contributed by atoms with Crippen molar-refractivity contribution >= 4 is 33.1 Å². The standard InChI is InChI=1S/C13H16N4OS/c1-8(18)15-13-16-11(12(14)19-13)9-4-6-10(7-5-9)17(2)3/h4-7H,14H2,1-3H3,(H,15,16,18). The monoisotopic (exact) mass is 276 g/mol. The molecular formula is C13H16N4OS. The van der Waals surface area contributed by atoms with Crippen LogP contribution < -0.4 is 16.0 Å². The molecule has 0 atom stereocenters. The fourth-order valence-corrected chi connectivity index (χ4v) is 2.46. The number of thiazole rings is 1. The number of nitrogen functional groups attached to an aromatic ring is 1. The molecule has 0 saturated carbocycles. The van der Waals surface area contributed by atoms with Crippen molar-refractivity contribution in [2.45, 2.75) is 6.92 Å². The average molecular weight is 276 g/mol. The normalized spacial score (nSPS) is 10.3. The highest BCUT2D eigenvalue weighted by Gasteiger charge is 2.11. The molecule has 0 saturated heterocycles. The molecule has 0 aliphatic heterocycles. The van der Waals surface area contributed by atoms with Crippen LogP contribution in [0.3, 0.4) is 0 Å². The first-order valence-corrected chi connectivity index (χ1v) is 6.60. The SMILES string of the molecule is CC(=O)Nc1nc(-c2ccc(N(C)C)cc2)c(N)s1. The minimum absolute atomic E-state index is 0.150. The van der Waals surface area contributed by atoms with Crippen molar-refractivity contribution < 1.29 is 4.79 Å². The predicted molar refractivity (Wildman–Crippen MR) is 80.6 cm³/mol. The van der Waals surface area contributed by atoms with Gasteiger partial charge in [0.05, 0.1) is 0 Å². The largest absolute Gasteiger partial charge is 0.389 e. The van der Waals surface area contributed by atoms with Crippen LogP contribution in [-0.4, -0.2) is 25.0 Å². The Bertz CT molecular complexity index is 589. The first kappa shape index (κ1) is 13.4. The summed E-state index contributed by atoms with van der Waals surface area (Å²) < 4.78 is 0. The Morgan fingerprint density at radius 2 is 1.95 bits per heavy atom. The third kappa shape index (κ3) is 3.03. The number of amides is 1. The van der Waals surface area contributed by atoms with Crippen LogP contribution in [0, 0.1) is 0 Å². The van der Waals surface area contributed by atoms with E-state index >= 15 is 0 Å². The van der Waals surface area contributed by atoms with Crippen LogP contribution in [0.2, 0.25) is 0 Å². The van der Waals surface area contributed by atoms with E-state index in [0.717, 1.165) is 11.3 Å². The Labute approximate surface area is 116 Å². The molecule has 2 rings (SSSR count). The highest BCUT2D eigenvalue weighted by molar-refractivity contribution is 7.20. The van der Waals surface area contributed by atoms with Gasteiger partial charge in [-0.1, -0.05) is 23.5 Å². The van der Waals surface area contributed by atoms with Gasteiger partial charge in [0, 0.05) is 32.3 Å². The average Bonchev–Trinajstić information content (AvgIpc) is 2.69. The van der Waals surface area contributed by atoms with Gasteiger partial charge in [0.25, 0.3) is 0 Å². The molecule has 1 amide bonds. The summed E-state index contributed by atoms with van der Waals surface area (Å²) in [4.78, 5) is 17.4. The molecule has 6 heteroatoms. The number of rotatable bonds is 3. The molecule has 0 fully saturated rings. The Balaban J connectivity index is 2.30. The second-order valence-corrected chi connectivity index (χ2v) is 5.39. The number of nitrogens with two attached hydrogens (primary N) is 1. The highest BCUT2D eigenvalue weighted by atomic mass is 32.1. The van der Waals surface area contributed by atoms with E-state index in [1.807, 2.05) is 43.3 Å². The Morgan fingerprint density at radius 3 is 2.47 bits per heavy atom. The van der Waals surface area contributed by atoms with Crippen molar-refractivity contribution in [1.82, 2.24) is 4.98 Å². The second kappa shape index (κ2) is 5.27. The van der Waals surface area contributed by atoms with Gasteiger partial charge in [0.15, 0.2) is 5.13 Å². The molecule has 2 aromatic rings. The molecule has 1 heterocycles. The third-order valence-electron chi connectivity index (χ3n) is 2.59. The van der Waals surface area contributed by atoms with E-state index in [-0.39, 0.29) is 5.91 Å². The number of nitrogens with zero attached hydrogens (tertiary/aromatic N) is 2. The number of carbonyl (C=O) groups is 1. The van der Waals surface area contributed by atoms with E-state index in [0.29, 0.717) is 15.8 Å². The minimum Gasteiger partial charge on any atom is -0.389 e. The summed E-state index contributed by atoms with van der Waals surface area (Å²) in [7, 11) is 3.97. The molecule has 3 N–H and O–H groups in total. The van der Waals surface area contributed by atoms with Crippen molar-refractivity contribution in [2.75, 3.05) is 30.0 Å². The molecule has 0 radical (unpaired) electrons. The van der Waals surface area contributed by atoms with Crippen LogP contribution in [0.5, 0.6) is 0 Å². The topological polar surface area (TPSA) is 71.2 Å². The summed E-state index contributed by atoms with van der Waals surface area (Å²) in [5.74, 6) is -0.150. The van der Waals surface area contributed by atoms with E-state index in [4.69, 9.17) is 5.73 Å². The number of carbonyl (C=O) groups excluding carboxylic acids is 1. The van der Waals surface area contributed by atoms with Crippen molar-refractivity contribution in [3.63, 3.8) is 0 Å². The van der Waals surface area contributed by atoms with Gasteiger partial charge in [-0.2, -0.15) is 0 Å². The zero-order valence-corrected chi connectivity index (χ0v) is 11.9. The lowest BCUT2D eigenvalue weighted by atomic mass is 10.1. The van der Waals surface area contributed by atoms with E-state index < -0.39 is 0 Å². The molecule has 0 aliphatic carbocycles. The Morgan fingerprint density at radius 1 is 1.32 bits per heavy atom. The summed E-state index contributed by atoms with van der Waals surface area (Å²) in [5.41, 5.74) is 8.70. The number of hydrogen-bond acceptors (Lipinski definition) is 5. The number of hydrogen-bond donors (Lipinski definition) is 2. The van der Waals surface area contributed by atoms with Gasteiger partial charge in [-0.3, -0.25) is 4.79 Å². The molecule has 100 valence electrons. The van der Waals surface area contributed by atoms with Gasteiger partial charge in [-0.15, -0.1) is 0 Å². The first-order chi connectivity index (χ1) is 8.97. The number of nitrogens with one attached hydrogen (secondary N) is 1. The van der Waals surface area contributed by atoms with Crippen LogP contribution in [0.25, 0.3) is 11.3 Å². The Hall–Kier alpha value is -2.08. The van der Waals surface area contributed by atoms with E-state index in [1.54, 1.807) is 0 Å². The summed E-state index contributed by atoms with van der Waals surface area (Å²) in [6.07, 6.45) is 0. The fourth-order valence-electron chi connectivity index (χ4n) is 1.66. The van der Waals surface area contributed by atoms with E-state index in [1.165, 1.54) is 18.3 Å². The van der Waals surface area contributed by atoms with Gasteiger partial charge < -0.3 is 16.0 Å². The van der Waals surface area contributed by atoms with Crippen molar-refractivity contribution in [3.05, 3.63) is 24.3 Å². The van der Waals surface area contributed by atoms with Gasteiger partial charge in [-0.05, 0) is 12.1 Å². The third-order valence-corrected chi connectivity index (χ3v) is 3.39. The van der Waals surface area contributed by atoms with E-state index in [9.17, 15) is 4.79 Å². The zero-order chi connectivity index (χ0) is 14.0. The number of anilines is 3. The van der Waals surface area contributed by atoms with Crippen LogP contribution in [0.4, 0.5) is 15.8 Å². The molecule has 0 spiro atoms. The number of aromatic nitrogens is 1.